The first-order chi connectivity index (χ1) is 23.5. The molecule has 48 heavy (non-hydrogen) atoms. The number of ketones is 1. The minimum atomic E-state index is -1.51. The second-order valence-electron chi connectivity index (χ2n) is 11.3. The monoisotopic (exact) mass is 643 g/mol. The van der Waals surface area contributed by atoms with Crippen LogP contribution >= 0.6 is 0 Å². The Morgan fingerprint density at radius 1 is 0.792 bits per heavy atom. The molecular formula is C38H32FN4O5. The van der Waals surface area contributed by atoms with Gasteiger partial charge in [-0.3, -0.25) is 9.36 Å². The number of aromatic nitrogens is 4. The summed E-state index contributed by atoms with van der Waals surface area (Å²) in [6.45, 7) is 0.0171. The summed E-state index contributed by atoms with van der Waals surface area (Å²) in [4.78, 5) is 26.2. The lowest BCUT2D eigenvalue weighted by atomic mass is 9.80. The van der Waals surface area contributed by atoms with E-state index in [1.54, 1.807) is 38.5 Å². The molecule has 0 N–H and O–H groups in total. The number of ether oxygens (including phenoxy) is 4. The minimum Gasteiger partial charge on any atom is -0.497 e. The highest BCUT2D eigenvalue weighted by Gasteiger charge is 2.43. The van der Waals surface area contributed by atoms with Gasteiger partial charge in [0.15, 0.2) is 18.0 Å². The van der Waals surface area contributed by atoms with E-state index in [1.807, 2.05) is 84.9 Å². The fraction of sp³-hybridized carbons (Fsp3) is 0.184. The summed E-state index contributed by atoms with van der Waals surface area (Å²) in [6.07, 6.45) is 0.873. The van der Waals surface area contributed by atoms with Gasteiger partial charge in [-0.15, -0.1) is 0 Å². The Bertz CT molecular complexity index is 1960. The summed E-state index contributed by atoms with van der Waals surface area (Å²) in [5, 5.41) is 0. The molecule has 7 rings (SSSR count). The van der Waals surface area contributed by atoms with Crippen LogP contribution in [0.1, 0.15) is 39.0 Å². The molecule has 0 aliphatic carbocycles. The highest BCUT2D eigenvalue weighted by atomic mass is 19.1. The lowest BCUT2D eigenvalue weighted by Crippen LogP contribution is -2.36. The molecule has 0 saturated carbocycles. The van der Waals surface area contributed by atoms with Crippen molar-refractivity contribution in [3.63, 3.8) is 0 Å². The smallest absolute Gasteiger partial charge is 0.213 e. The molecular weight excluding hydrogens is 611 g/mol. The quantitative estimate of drug-likeness (QED) is 0.116. The number of alkyl halides is 1. The first-order valence-electron chi connectivity index (χ1n) is 15.4. The van der Waals surface area contributed by atoms with Crippen LogP contribution in [0.4, 0.5) is 4.39 Å². The van der Waals surface area contributed by atoms with Crippen LogP contribution < -0.4 is 9.47 Å². The van der Waals surface area contributed by atoms with Crippen LogP contribution in [0.25, 0.3) is 11.2 Å². The SMILES string of the molecule is COc1ccc(C(OC[C@H]2[CH][C@@H](F)[C@H](n3cnc4c(C(=O)c5ccccc5)ncnc43)O2)(c2ccccc2)c2ccc(OC)cc2)cc1. The van der Waals surface area contributed by atoms with E-state index in [2.05, 4.69) is 15.0 Å². The van der Waals surface area contributed by atoms with Crippen LogP contribution in [0.15, 0.2) is 122 Å². The summed E-state index contributed by atoms with van der Waals surface area (Å²) >= 11 is 0. The van der Waals surface area contributed by atoms with Crippen molar-refractivity contribution in [2.45, 2.75) is 24.1 Å². The average Bonchev–Trinajstić information content (AvgIpc) is 3.75. The number of methoxy groups -OCH3 is 2. The molecule has 1 saturated heterocycles. The van der Waals surface area contributed by atoms with Crippen LogP contribution in [0.5, 0.6) is 11.5 Å². The zero-order chi connectivity index (χ0) is 33.1. The summed E-state index contributed by atoms with van der Waals surface area (Å²) in [5.41, 5.74) is 2.63. The molecule has 1 fully saturated rings. The molecule has 10 heteroatoms. The van der Waals surface area contributed by atoms with Gasteiger partial charge in [0.1, 0.15) is 34.6 Å². The Morgan fingerprint density at radius 2 is 1.38 bits per heavy atom. The van der Waals surface area contributed by atoms with Gasteiger partial charge in [-0.1, -0.05) is 84.9 Å². The Kier molecular flexibility index (Phi) is 8.66. The van der Waals surface area contributed by atoms with Gasteiger partial charge in [0.05, 0.1) is 33.3 Å². The third-order valence-electron chi connectivity index (χ3n) is 8.51. The Labute approximate surface area is 276 Å². The second kappa shape index (κ2) is 13.3. The summed E-state index contributed by atoms with van der Waals surface area (Å²) in [5.74, 6) is 1.11. The first-order valence-corrected chi connectivity index (χ1v) is 15.4. The number of hydrogen-bond acceptors (Lipinski definition) is 8. The number of halogens is 1. The van der Waals surface area contributed by atoms with Crippen molar-refractivity contribution in [2.24, 2.45) is 0 Å². The molecule has 0 amide bonds. The van der Waals surface area contributed by atoms with Crippen molar-refractivity contribution in [1.82, 2.24) is 19.5 Å². The fourth-order valence-electron chi connectivity index (χ4n) is 6.13. The summed E-state index contributed by atoms with van der Waals surface area (Å²) in [7, 11) is 3.24. The molecule has 3 heterocycles. The van der Waals surface area contributed by atoms with Crippen molar-refractivity contribution in [3.05, 3.63) is 156 Å². The molecule has 241 valence electrons. The van der Waals surface area contributed by atoms with Crippen molar-refractivity contribution >= 4 is 16.9 Å². The molecule has 1 aliphatic heterocycles. The van der Waals surface area contributed by atoms with Crippen LogP contribution in [0.3, 0.4) is 0 Å². The van der Waals surface area contributed by atoms with E-state index in [0.29, 0.717) is 22.7 Å². The largest absolute Gasteiger partial charge is 0.497 e. The van der Waals surface area contributed by atoms with Gasteiger partial charge in [0.25, 0.3) is 0 Å². The zero-order valence-corrected chi connectivity index (χ0v) is 26.3. The van der Waals surface area contributed by atoms with Crippen molar-refractivity contribution < 1.29 is 28.1 Å². The maximum absolute atomic E-state index is 15.8. The lowest BCUT2D eigenvalue weighted by Gasteiger charge is -2.36. The number of imidazole rings is 1. The highest BCUT2D eigenvalue weighted by molar-refractivity contribution is 6.13. The lowest BCUT2D eigenvalue weighted by molar-refractivity contribution is -0.0771. The fourth-order valence-corrected chi connectivity index (χ4v) is 6.13. The van der Waals surface area contributed by atoms with Gasteiger partial charge in [0.2, 0.25) is 5.78 Å². The first kappa shape index (κ1) is 31.2. The van der Waals surface area contributed by atoms with E-state index < -0.39 is 24.1 Å². The van der Waals surface area contributed by atoms with Crippen LogP contribution in [-0.2, 0) is 15.1 Å². The number of rotatable bonds is 11. The molecule has 6 aromatic rings. The highest BCUT2D eigenvalue weighted by Crippen LogP contribution is 2.43. The number of benzene rings is 4. The average molecular weight is 644 g/mol. The van der Waals surface area contributed by atoms with Crippen LogP contribution in [0.2, 0.25) is 0 Å². The molecule has 0 spiro atoms. The third kappa shape index (κ3) is 5.69. The van der Waals surface area contributed by atoms with Gasteiger partial charge in [-0.05, 0) is 41.0 Å². The minimum absolute atomic E-state index is 0.0171. The Morgan fingerprint density at radius 3 is 1.98 bits per heavy atom. The van der Waals surface area contributed by atoms with Gasteiger partial charge >= 0.3 is 0 Å². The Balaban J connectivity index is 1.20. The number of fused-ring (bicyclic) bond motifs is 1. The molecule has 3 atom stereocenters. The molecule has 9 nitrogen and oxygen atoms in total. The van der Waals surface area contributed by atoms with Crippen molar-refractivity contribution in [2.75, 3.05) is 20.8 Å². The maximum Gasteiger partial charge on any atom is 0.213 e. The van der Waals surface area contributed by atoms with Gasteiger partial charge in [-0.25, -0.2) is 19.3 Å². The normalized spacial score (nSPS) is 17.8. The Hall–Kier alpha value is -5.45. The maximum atomic E-state index is 15.8. The van der Waals surface area contributed by atoms with E-state index in [4.69, 9.17) is 18.9 Å². The van der Waals surface area contributed by atoms with Crippen LogP contribution in [-0.4, -0.2) is 58.4 Å². The predicted octanol–water partition coefficient (Wildman–Crippen LogP) is 6.52. The molecule has 1 radical (unpaired) electrons. The number of hydrogen-bond donors (Lipinski definition) is 0. The number of carbonyl (C=O) groups is 1. The molecule has 2 aromatic heterocycles. The van der Waals surface area contributed by atoms with E-state index in [-0.39, 0.29) is 23.6 Å². The standard InChI is InChI=1S/C38H32FN4O5/c1-45-29-17-13-27(14-18-29)38(26-11-7-4-8-12-26,28-15-19-30(46-2)20-16-28)47-22-31-21-32(39)37(48-31)43-24-42-34-33(40-23-41-36(34)43)35(44)25-9-5-3-6-10-25/h3-21,23-24,31-32,37H,22H2,1-2H3/t31-,32-,37-/m1/s1. The van der Waals surface area contributed by atoms with Gasteiger partial charge in [0, 0.05) is 12.0 Å². The summed E-state index contributed by atoms with van der Waals surface area (Å²) in [6, 6.07) is 34.0. The summed E-state index contributed by atoms with van der Waals surface area (Å²) < 4.78 is 41.3. The predicted molar refractivity (Wildman–Crippen MR) is 177 cm³/mol. The van der Waals surface area contributed by atoms with E-state index in [1.165, 1.54) is 23.6 Å². The van der Waals surface area contributed by atoms with Crippen molar-refractivity contribution in [3.8, 4) is 11.5 Å². The van der Waals surface area contributed by atoms with E-state index in [0.717, 1.165) is 16.7 Å². The topological polar surface area (TPSA) is 97.6 Å². The van der Waals surface area contributed by atoms with Crippen LogP contribution in [0, 0.1) is 6.42 Å². The third-order valence-corrected chi connectivity index (χ3v) is 8.51. The van der Waals surface area contributed by atoms with E-state index >= 15 is 4.39 Å². The van der Waals surface area contributed by atoms with Gasteiger partial charge in [-0.2, -0.15) is 0 Å². The number of nitrogens with zero attached hydrogens (tertiary/aromatic N) is 4. The molecule has 0 bridgehead atoms. The number of carbonyl (C=O) groups excluding carboxylic acids is 1. The molecule has 4 aromatic carbocycles. The molecule has 1 aliphatic rings. The van der Waals surface area contributed by atoms with E-state index in [9.17, 15) is 4.79 Å². The van der Waals surface area contributed by atoms with Crippen molar-refractivity contribution in [1.29, 1.82) is 0 Å². The van der Waals surface area contributed by atoms with Gasteiger partial charge < -0.3 is 18.9 Å². The zero-order valence-electron chi connectivity index (χ0n) is 26.3. The second-order valence-corrected chi connectivity index (χ2v) is 11.3. The molecule has 0 unspecified atom stereocenters.